The van der Waals surface area contributed by atoms with Gasteiger partial charge in [-0.15, -0.1) is 0 Å². The first-order chi connectivity index (χ1) is 7.42. The van der Waals surface area contributed by atoms with Gasteiger partial charge in [-0.3, -0.25) is 4.68 Å². The van der Waals surface area contributed by atoms with Crippen molar-refractivity contribution in [3.8, 4) is 0 Å². The normalized spacial score (nSPS) is 15.4. The van der Waals surface area contributed by atoms with Gasteiger partial charge in [-0.25, -0.2) is 0 Å². The molecular formula is C13H24N2O. The summed E-state index contributed by atoms with van der Waals surface area (Å²) in [6.45, 7) is 11.7. The van der Waals surface area contributed by atoms with Gasteiger partial charge >= 0.3 is 0 Å². The summed E-state index contributed by atoms with van der Waals surface area (Å²) in [7, 11) is 0. The molecule has 0 saturated carbocycles. The van der Waals surface area contributed by atoms with E-state index >= 15 is 0 Å². The first-order valence-electron chi connectivity index (χ1n) is 6.07. The number of hydrogen-bond donors (Lipinski definition) is 1. The molecule has 3 heteroatoms. The Kier molecular flexibility index (Phi) is 4.14. The molecule has 1 rings (SSSR count). The maximum absolute atomic E-state index is 9.56. The molecule has 0 aliphatic rings. The summed E-state index contributed by atoms with van der Waals surface area (Å²) < 4.78 is 2.03. The van der Waals surface area contributed by atoms with Crippen LogP contribution in [0.4, 0.5) is 0 Å². The van der Waals surface area contributed by atoms with Crippen LogP contribution in [0.15, 0.2) is 6.07 Å². The Hall–Kier alpha value is -0.830. The summed E-state index contributed by atoms with van der Waals surface area (Å²) in [5.41, 5.74) is 2.23. The molecular weight excluding hydrogens is 200 g/mol. The smallest absolute Gasteiger partial charge is 0.0596 e. The highest BCUT2D eigenvalue weighted by Gasteiger charge is 2.29. The van der Waals surface area contributed by atoms with Gasteiger partial charge in [0.15, 0.2) is 0 Å². The van der Waals surface area contributed by atoms with Crippen LogP contribution in [0.3, 0.4) is 0 Å². The van der Waals surface area contributed by atoms with Gasteiger partial charge in [-0.1, -0.05) is 20.8 Å². The average Bonchev–Trinajstić information content (AvgIpc) is 2.58. The SMILES string of the molecule is CCn1nc(C)cc1CC(C)(CO)C(C)C. The van der Waals surface area contributed by atoms with Crippen LogP contribution in [0.5, 0.6) is 0 Å². The van der Waals surface area contributed by atoms with Crippen molar-refractivity contribution in [2.45, 2.75) is 47.6 Å². The van der Waals surface area contributed by atoms with Crippen LogP contribution < -0.4 is 0 Å². The lowest BCUT2D eigenvalue weighted by Gasteiger charge is -2.31. The number of rotatable bonds is 5. The Balaban J connectivity index is 2.93. The lowest BCUT2D eigenvalue weighted by molar-refractivity contribution is 0.0925. The molecule has 0 aliphatic heterocycles. The zero-order chi connectivity index (χ0) is 12.3. The van der Waals surface area contributed by atoms with E-state index in [9.17, 15) is 5.11 Å². The van der Waals surface area contributed by atoms with E-state index in [0.29, 0.717) is 5.92 Å². The second-order valence-corrected chi connectivity index (χ2v) is 5.24. The van der Waals surface area contributed by atoms with Crippen LogP contribution in [-0.4, -0.2) is 21.5 Å². The van der Waals surface area contributed by atoms with Gasteiger partial charge in [-0.05, 0) is 37.7 Å². The molecule has 92 valence electrons. The summed E-state index contributed by atoms with van der Waals surface area (Å²) in [4.78, 5) is 0. The van der Waals surface area contributed by atoms with Crippen molar-refractivity contribution < 1.29 is 5.11 Å². The Morgan fingerprint density at radius 2 is 2.12 bits per heavy atom. The molecule has 1 atom stereocenters. The average molecular weight is 224 g/mol. The number of hydrogen-bond acceptors (Lipinski definition) is 2. The Bertz CT molecular complexity index is 344. The highest BCUT2D eigenvalue weighted by Crippen LogP contribution is 2.30. The van der Waals surface area contributed by atoms with Gasteiger partial charge in [0.25, 0.3) is 0 Å². The van der Waals surface area contributed by atoms with Gasteiger partial charge < -0.3 is 5.11 Å². The third-order valence-electron chi connectivity index (χ3n) is 3.63. The summed E-state index contributed by atoms with van der Waals surface area (Å²) in [5, 5.41) is 14.0. The quantitative estimate of drug-likeness (QED) is 0.834. The highest BCUT2D eigenvalue weighted by molar-refractivity contribution is 5.11. The zero-order valence-corrected chi connectivity index (χ0v) is 11.1. The van der Waals surface area contributed by atoms with Crippen LogP contribution in [0, 0.1) is 18.3 Å². The first-order valence-corrected chi connectivity index (χ1v) is 6.07. The van der Waals surface area contributed by atoms with Crippen LogP contribution in [0.2, 0.25) is 0 Å². The van der Waals surface area contributed by atoms with E-state index in [-0.39, 0.29) is 12.0 Å². The maximum Gasteiger partial charge on any atom is 0.0596 e. The van der Waals surface area contributed by atoms with Crippen LogP contribution in [0.1, 0.15) is 39.1 Å². The van der Waals surface area contributed by atoms with E-state index in [2.05, 4.69) is 38.9 Å². The van der Waals surface area contributed by atoms with Crippen molar-refractivity contribution in [1.29, 1.82) is 0 Å². The van der Waals surface area contributed by atoms with E-state index < -0.39 is 0 Å². The van der Waals surface area contributed by atoms with E-state index in [1.807, 2.05) is 11.6 Å². The van der Waals surface area contributed by atoms with E-state index in [4.69, 9.17) is 0 Å². The summed E-state index contributed by atoms with van der Waals surface area (Å²) in [6, 6.07) is 2.12. The van der Waals surface area contributed by atoms with Crippen molar-refractivity contribution in [3.05, 3.63) is 17.5 Å². The number of aliphatic hydroxyl groups is 1. The number of aliphatic hydroxyl groups excluding tert-OH is 1. The molecule has 0 spiro atoms. The number of aryl methyl sites for hydroxylation is 2. The third-order valence-corrected chi connectivity index (χ3v) is 3.63. The fourth-order valence-corrected chi connectivity index (χ4v) is 1.87. The van der Waals surface area contributed by atoms with Crippen LogP contribution in [-0.2, 0) is 13.0 Å². The van der Waals surface area contributed by atoms with Crippen LogP contribution in [0.25, 0.3) is 0 Å². The Morgan fingerprint density at radius 1 is 1.50 bits per heavy atom. The third kappa shape index (κ3) is 2.64. The molecule has 0 aromatic carbocycles. The van der Waals surface area contributed by atoms with Gasteiger partial charge in [0.05, 0.1) is 5.69 Å². The molecule has 1 unspecified atom stereocenters. The Morgan fingerprint density at radius 3 is 2.56 bits per heavy atom. The molecule has 0 amide bonds. The zero-order valence-electron chi connectivity index (χ0n) is 11.1. The molecule has 16 heavy (non-hydrogen) atoms. The minimum absolute atomic E-state index is 0.0562. The number of nitrogens with zero attached hydrogens (tertiary/aromatic N) is 2. The summed E-state index contributed by atoms with van der Waals surface area (Å²) in [6.07, 6.45) is 0.885. The molecule has 1 heterocycles. The topological polar surface area (TPSA) is 38.0 Å². The monoisotopic (exact) mass is 224 g/mol. The fourth-order valence-electron chi connectivity index (χ4n) is 1.87. The van der Waals surface area contributed by atoms with Crippen molar-refractivity contribution in [2.75, 3.05) is 6.61 Å². The largest absolute Gasteiger partial charge is 0.396 e. The second kappa shape index (κ2) is 5.00. The Labute approximate surface area is 98.5 Å². The lowest BCUT2D eigenvalue weighted by atomic mass is 9.76. The minimum atomic E-state index is -0.0562. The van der Waals surface area contributed by atoms with Crippen molar-refractivity contribution in [2.24, 2.45) is 11.3 Å². The van der Waals surface area contributed by atoms with Crippen LogP contribution >= 0.6 is 0 Å². The standard InChI is InChI=1S/C13H24N2O/c1-6-15-12(7-11(4)14-15)8-13(5,9-16)10(2)3/h7,10,16H,6,8-9H2,1-5H3. The molecule has 0 fully saturated rings. The molecule has 0 bridgehead atoms. The van der Waals surface area contributed by atoms with E-state index in [1.54, 1.807) is 0 Å². The summed E-state index contributed by atoms with van der Waals surface area (Å²) in [5.74, 6) is 0.456. The van der Waals surface area contributed by atoms with Gasteiger partial charge in [0, 0.05) is 18.8 Å². The fraction of sp³-hybridized carbons (Fsp3) is 0.769. The van der Waals surface area contributed by atoms with Crippen molar-refractivity contribution in [3.63, 3.8) is 0 Å². The molecule has 1 N–H and O–H groups in total. The van der Waals surface area contributed by atoms with E-state index in [0.717, 1.165) is 18.7 Å². The first kappa shape index (κ1) is 13.2. The van der Waals surface area contributed by atoms with Gasteiger partial charge in [0.1, 0.15) is 0 Å². The lowest BCUT2D eigenvalue weighted by Crippen LogP contribution is -2.31. The van der Waals surface area contributed by atoms with E-state index in [1.165, 1.54) is 5.69 Å². The summed E-state index contributed by atoms with van der Waals surface area (Å²) >= 11 is 0. The minimum Gasteiger partial charge on any atom is -0.396 e. The number of aromatic nitrogens is 2. The second-order valence-electron chi connectivity index (χ2n) is 5.24. The molecule has 0 aliphatic carbocycles. The van der Waals surface area contributed by atoms with Crippen molar-refractivity contribution >= 4 is 0 Å². The molecule has 0 saturated heterocycles. The van der Waals surface area contributed by atoms with Crippen molar-refractivity contribution in [1.82, 2.24) is 9.78 Å². The molecule has 3 nitrogen and oxygen atoms in total. The van der Waals surface area contributed by atoms with Gasteiger partial charge in [0.2, 0.25) is 0 Å². The predicted molar refractivity (Wildman–Crippen MR) is 66.4 cm³/mol. The predicted octanol–water partition coefficient (Wildman–Crippen LogP) is 2.41. The highest BCUT2D eigenvalue weighted by atomic mass is 16.3. The molecule has 0 radical (unpaired) electrons. The van der Waals surface area contributed by atoms with Gasteiger partial charge in [-0.2, -0.15) is 5.10 Å². The molecule has 1 aromatic heterocycles. The maximum atomic E-state index is 9.56. The molecule has 1 aromatic rings.